The summed E-state index contributed by atoms with van der Waals surface area (Å²) in [5, 5.41) is 12.0. The first-order valence-corrected chi connectivity index (χ1v) is 8.05. The second kappa shape index (κ2) is 9.14. The van der Waals surface area contributed by atoms with Gasteiger partial charge in [0.2, 0.25) is 0 Å². The highest BCUT2D eigenvalue weighted by Gasteiger charge is 2.10. The summed E-state index contributed by atoms with van der Waals surface area (Å²) < 4.78 is 10.8. The molecule has 0 aromatic heterocycles. The molecule has 0 bridgehead atoms. The minimum absolute atomic E-state index is 0.0162. The van der Waals surface area contributed by atoms with Gasteiger partial charge in [-0.2, -0.15) is 5.26 Å². The lowest BCUT2D eigenvalue weighted by Crippen LogP contribution is -2.13. The molecule has 1 N–H and O–H groups in total. The zero-order valence-corrected chi connectivity index (χ0v) is 14.3. The van der Waals surface area contributed by atoms with Crippen LogP contribution in [-0.2, 0) is 4.79 Å². The third-order valence-corrected chi connectivity index (χ3v) is 3.27. The summed E-state index contributed by atoms with van der Waals surface area (Å²) in [4.78, 5) is 12.3. The van der Waals surface area contributed by atoms with Crippen molar-refractivity contribution in [2.75, 3.05) is 18.5 Å². The minimum atomic E-state index is -0.464. The third kappa shape index (κ3) is 5.40. The molecule has 2 aromatic carbocycles. The molecule has 25 heavy (non-hydrogen) atoms. The van der Waals surface area contributed by atoms with Crippen LogP contribution in [0.1, 0.15) is 19.4 Å². The largest absolute Gasteiger partial charge is 0.494 e. The van der Waals surface area contributed by atoms with E-state index in [0.29, 0.717) is 24.7 Å². The van der Waals surface area contributed by atoms with Gasteiger partial charge in [0.25, 0.3) is 5.91 Å². The maximum Gasteiger partial charge on any atom is 0.266 e. The number of nitrogens with zero attached hydrogens (tertiary/aromatic N) is 1. The number of nitriles is 1. The van der Waals surface area contributed by atoms with E-state index in [9.17, 15) is 10.1 Å². The van der Waals surface area contributed by atoms with Crippen LogP contribution >= 0.6 is 0 Å². The quantitative estimate of drug-likeness (QED) is 0.612. The Balaban J connectivity index is 2.12. The number of nitrogens with one attached hydrogen (secondary N) is 1. The van der Waals surface area contributed by atoms with Gasteiger partial charge in [0.05, 0.1) is 13.2 Å². The van der Waals surface area contributed by atoms with Gasteiger partial charge in [-0.05, 0) is 61.9 Å². The molecule has 2 rings (SSSR count). The van der Waals surface area contributed by atoms with E-state index in [2.05, 4.69) is 5.32 Å². The summed E-state index contributed by atoms with van der Waals surface area (Å²) in [7, 11) is 0. The maximum absolute atomic E-state index is 12.3. The summed E-state index contributed by atoms with van der Waals surface area (Å²) in [6.45, 7) is 4.93. The number of benzene rings is 2. The Hall–Kier alpha value is -3.26. The Bertz CT molecular complexity index is 789. The van der Waals surface area contributed by atoms with E-state index >= 15 is 0 Å². The van der Waals surface area contributed by atoms with Gasteiger partial charge in [-0.3, -0.25) is 4.79 Å². The molecular weight excluding hydrogens is 316 g/mol. The van der Waals surface area contributed by atoms with E-state index in [-0.39, 0.29) is 5.57 Å². The highest BCUT2D eigenvalue weighted by molar-refractivity contribution is 6.09. The molecule has 0 aliphatic rings. The zero-order valence-electron chi connectivity index (χ0n) is 14.3. The van der Waals surface area contributed by atoms with Gasteiger partial charge in [-0.1, -0.05) is 12.1 Å². The molecule has 128 valence electrons. The maximum atomic E-state index is 12.3. The molecule has 5 nitrogen and oxygen atoms in total. The summed E-state index contributed by atoms with van der Waals surface area (Å²) in [6, 6.07) is 16.2. The summed E-state index contributed by atoms with van der Waals surface area (Å²) in [6.07, 6.45) is 1.53. The lowest BCUT2D eigenvalue weighted by atomic mass is 10.1. The molecule has 2 aromatic rings. The van der Waals surface area contributed by atoms with E-state index in [4.69, 9.17) is 9.47 Å². The van der Waals surface area contributed by atoms with Crippen LogP contribution in [0.15, 0.2) is 54.1 Å². The molecule has 1 amide bonds. The molecule has 0 radical (unpaired) electrons. The van der Waals surface area contributed by atoms with Crippen molar-refractivity contribution in [2.24, 2.45) is 0 Å². The van der Waals surface area contributed by atoms with Crippen LogP contribution in [0.5, 0.6) is 11.5 Å². The Morgan fingerprint density at radius 1 is 1.08 bits per heavy atom. The van der Waals surface area contributed by atoms with Crippen LogP contribution in [0.4, 0.5) is 5.69 Å². The number of carbonyl (C=O) groups is 1. The average Bonchev–Trinajstić information content (AvgIpc) is 2.62. The van der Waals surface area contributed by atoms with Crippen LogP contribution in [0.25, 0.3) is 6.08 Å². The molecule has 0 unspecified atom stereocenters. The van der Waals surface area contributed by atoms with E-state index in [1.165, 1.54) is 6.08 Å². The molecule has 0 saturated carbocycles. The van der Waals surface area contributed by atoms with Gasteiger partial charge in [0.15, 0.2) is 0 Å². The zero-order chi connectivity index (χ0) is 18.1. The monoisotopic (exact) mass is 336 g/mol. The molecule has 0 fully saturated rings. The Kier molecular flexibility index (Phi) is 6.61. The standard InChI is InChI=1S/C20H20N2O3/c1-3-24-18-10-8-17(9-11-18)22-20(23)16(14-21)12-15-6-5-7-19(13-15)25-4-2/h5-13H,3-4H2,1-2H3,(H,22,23)/b16-12+. The lowest BCUT2D eigenvalue weighted by Gasteiger charge is -2.07. The van der Waals surface area contributed by atoms with Gasteiger partial charge in [0.1, 0.15) is 23.1 Å². The molecule has 0 spiro atoms. The minimum Gasteiger partial charge on any atom is -0.494 e. The number of amides is 1. The second-order valence-electron chi connectivity index (χ2n) is 5.09. The molecule has 0 saturated heterocycles. The Morgan fingerprint density at radius 3 is 2.40 bits per heavy atom. The van der Waals surface area contributed by atoms with Crippen molar-refractivity contribution in [1.82, 2.24) is 0 Å². The van der Waals surface area contributed by atoms with Crippen LogP contribution in [0, 0.1) is 11.3 Å². The van der Waals surface area contributed by atoms with Crippen molar-refractivity contribution in [1.29, 1.82) is 5.26 Å². The summed E-state index contributed by atoms with van der Waals surface area (Å²) in [5.74, 6) is 0.957. The average molecular weight is 336 g/mol. The fourth-order valence-electron chi connectivity index (χ4n) is 2.18. The molecule has 0 aliphatic heterocycles. The molecule has 0 aliphatic carbocycles. The smallest absolute Gasteiger partial charge is 0.266 e. The number of rotatable bonds is 7. The predicted octanol–water partition coefficient (Wildman–Crippen LogP) is 4.03. The Morgan fingerprint density at radius 2 is 1.76 bits per heavy atom. The molecular formula is C20H20N2O3. The third-order valence-electron chi connectivity index (χ3n) is 3.27. The Labute approximate surface area is 147 Å². The van der Waals surface area contributed by atoms with Crippen molar-refractivity contribution in [2.45, 2.75) is 13.8 Å². The lowest BCUT2D eigenvalue weighted by molar-refractivity contribution is -0.112. The highest BCUT2D eigenvalue weighted by Crippen LogP contribution is 2.18. The molecule has 5 heteroatoms. The van der Waals surface area contributed by atoms with Crippen molar-refractivity contribution in [3.8, 4) is 17.6 Å². The van der Waals surface area contributed by atoms with Crippen molar-refractivity contribution in [3.05, 3.63) is 59.7 Å². The topological polar surface area (TPSA) is 71.3 Å². The molecule has 0 heterocycles. The molecule has 0 atom stereocenters. The van der Waals surface area contributed by atoms with Crippen molar-refractivity contribution in [3.63, 3.8) is 0 Å². The van der Waals surface area contributed by atoms with Gasteiger partial charge in [-0.15, -0.1) is 0 Å². The van der Waals surface area contributed by atoms with E-state index in [1.807, 2.05) is 38.1 Å². The number of hydrogen-bond donors (Lipinski definition) is 1. The fourth-order valence-corrected chi connectivity index (χ4v) is 2.18. The van der Waals surface area contributed by atoms with Gasteiger partial charge >= 0.3 is 0 Å². The van der Waals surface area contributed by atoms with Gasteiger partial charge in [-0.25, -0.2) is 0 Å². The van der Waals surface area contributed by atoms with Crippen LogP contribution in [0.3, 0.4) is 0 Å². The van der Waals surface area contributed by atoms with E-state index < -0.39 is 5.91 Å². The number of carbonyl (C=O) groups excluding carboxylic acids is 1. The number of anilines is 1. The summed E-state index contributed by atoms with van der Waals surface area (Å²) >= 11 is 0. The van der Waals surface area contributed by atoms with Crippen molar-refractivity contribution >= 4 is 17.7 Å². The SMILES string of the molecule is CCOc1ccc(NC(=O)/C(C#N)=C/c2cccc(OCC)c2)cc1. The van der Waals surface area contributed by atoms with Crippen LogP contribution in [0.2, 0.25) is 0 Å². The predicted molar refractivity (Wildman–Crippen MR) is 97.4 cm³/mol. The normalized spacial score (nSPS) is 10.7. The highest BCUT2D eigenvalue weighted by atomic mass is 16.5. The summed E-state index contributed by atoms with van der Waals surface area (Å²) in [5.41, 5.74) is 1.34. The number of ether oxygens (including phenoxy) is 2. The first-order chi connectivity index (χ1) is 12.2. The number of hydrogen-bond acceptors (Lipinski definition) is 4. The first kappa shape index (κ1) is 18.1. The van der Waals surface area contributed by atoms with Crippen LogP contribution in [-0.4, -0.2) is 19.1 Å². The van der Waals surface area contributed by atoms with E-state index in [0.717, 1.165) is 11.3 Å². The van der Waals surface area contributed by atoms with Crippen molar-refractivity contribution < 1.29 is 14.3 Å². The second-order valence-corrected chi connectivity index (χ2v) is 5.09. The fraction of sp³-hybridized carbons (Fsp3) is 0.200. The van der Waals surface area contributed by atoms with E-state index in [1.54, 1.807) is 30.3 Å². The first-order valence-electron chi connectivity index (χ1n) is 8.05. The van der Waals surface area contributed by atoms with Gasteiger partial charge < -0.3 is 14.8 Å². The van der Waals surface area contributed by atoms with Crippen LogP contribution < -0.4 is 14.8 Å². The van der Waals surface area contributed by atoms with Gasteiger partial charge in [0, 0.05) is 5.69 Å².